The minimum atomic E-state index is -2.48. The maximum Gasteiger partial charge on any atom is 0.309 e. The molecule has 0 unspecified atom stereocenters. The lowest BCUT2D eigenvalue weighted by molar-refractivity contribution is -0.148. The number of nitrogens with zero attached hydrogens (tertiary/aromatic N) is 1. The Balaban J connectivity index is 2.05. The molecule has 0 amide bonds. The molecule has 1 fully saturated rings. The largest absolute Gasteiger partial charge is 0.466 e. The Bertz CT molecular complexity index is 502. The first-order chi connectivity index (χ1) is 10.0. The van der Waals surface area contributed by atoms with Crippen molar-refractivity contribution in [1.82, 2.24) is 0 Å². The number of benzene rings is 1. The Morgan fingerprint density at radius 3 is 2.67 bits per heavy atom. The number of carbonyl (C=O) groups is 1. The van der Waals surface area contributed by atoms with Crippen molar-refractivity contribution >= 4 is 27.6 Å². The number of carbonyl (C=O) groups excluding carboxylic acids is 1. The van der Waals surface area contributed by atoms with Crippen LogP contribution in [0.4, 0.5) is 14.5 Å². The van der Waals surface area contributed by atoms with Crippen LogP contribution in [-0.4, -0.2) is 25.7 Å². The average molecular weight is 362 g/mol. The Labute approximate surface area is 131 Å². The van der Waals surface area contributed by atoms with Crippen LogP contribution in [0.2, 0.25) is 0 Å². The van der Waals surface area contributed by atoms with E-state index in [1.54, 1.807) is 13.0 Å². The van der Waals surface area contributed by atoms with Crippen molar-refractivity contribution in [3.05, 3.63) is 28.2 Å². The number of esters is 1. The van der Waals surface area contributed by atoms with Crippen LogP contribution in [-0.2, 0) is 9.53 Å². The molecule has 0 radical (unpaired) electrons. The molecule has 21 heavy (non-hydrogen) atoms. The molecule has 0 aliphatic carbocycles. The molecule has 0 atom stereocenters. The van der Waals surface area contributed by atoms with Crippen molar-refractivity contribution in [3.63, 3.8) is 0 Å². The van der Waals surface area contributed by atoms with E-state index in [1.807, 2.05) is 4.90 Å². The van der Waals surface area contributed by atoms with Crippen molar-refractivity contribution in [3.8, 4) is 0 Å². The monoisotopic (exact) mass is 361 g/mol. The van der Waals surface area contributed by atoms with Gasteiger partial charge in [0.2, 0.25) is 0 Å². The fourth-order valence-corrected chi connectivity index (χ4v) is 3.02. The third-order valence-electron chi connectivity index (χ3n) is 3.68. The van der Waals surface area contributed by atoms with E-state index in [0.717, 1.165) is 10.2 Å². The number of piperidine rings is 1. The van der Waals surface area contributed by atoms with Gasteiger partial charge in [0.15, 0.2) is 0 Å². The summed E-state index contributed by atoms with van der Waals surface area (Å²) in [6.45, 7) is 3.50. The molecule has 0 N–H and O–H groups in total. The molecule has 6 heteroatoms. The number of alkyl halides is 2. The van der Waals surface area contributed by atoms with Crippen molar-refractivity contribution < 1.29 is 18.3 Å². The third kappa shape index (κ3) is 3.93. The first kappa shape index (κ1) is 16.2. The normalized spacial score (nSPS) is 16.3. The van der Waals surface area contributed by atoms with Crippen LogP contribution in [0, 0.1) is 5.92 Å². The Kier molecular flexibility index (Phi) is 5.56. The zero-order valence-corrected chi connectivity index (χ0v) is 13.4. The van der Waals surface area contributed by atoms with E-state index in [4.69, 9.17) is 4.74 Å². The van der Waals surface area contributed by atoms with Gasteiger partial charge in [-0.3, -0.25) is 4.79 Å². The van der Waals surface area contributed by atoms with Crippen molar-refractivity contribution in [2.75, 3.05) is 24.6 Å². The molecular formula is C15H18BrF2NO2. The second-order valence-electron chi connectivity index (χ2n) is 5.02. The number of rotatable bonds is 4. The van der Waals surface area contributed by atoms with Gasteiger partial charge in [-0.05, 0) is 47.8 Å². The first-order valence-corrected chi connectivity index (χ1v) is 7.81. The van der Waals surface area contributed by atoms with Gasteiger partial charge in [-0.15, -0.1) is 0 Å². The molecular weight excluding hydrogens is 344 g/mol. The summed E-state index contributed by atoms with van der Waals surface area (Å²) in [6, 6.07) is 4.58. The van der Waals surface area contributed by atoms with Gasteiger partial charge in [-0.2, -0.15) is 0 Å². The van der Waals surface area contributed by atoms with Crippen LogP contribution in [0.25, 0.3) is 0 Å². The SMILES string of the molecule is CCOC(=O)C1CCN(c2cc(C(F)F)ccc2Br)CC1. The van der Waals surface area contributed by atoms with Crippen LogP contribution in [0.15, 0.2) is 22.7 Å². The van der Waals surface area contributed by atoms with E-state index < -0.39 is 6.43 Å². The number of halogens is 3. The molecule has 3 nitrogen and oxygen atoms in total. The lowest BCUT2D eigenvalue weighted by Gasteiger charge is -2.33. The quantitative estimate of drug-likeness (QED) is 0.753. The zero-order chi connectivity index (χ0) is 15.4. The van der Waals surface area contributed by atoms with Gasteiger partial charge in [0.1, 0.15) is 0 Å². The molecule has 0 saturated carbocycles. The minimum absolute atomic E-state index is 0.0146. The molecule has 1 aliphatic heterocycles. The zero-order valence-electron chi connectivity index (χ0n) is 11.8. The number of hydrogen-bond acceptors (Lipinski definition) is 3. The van der Waals surface area contributed by atoms with E-state index in [1.165, 1.54) is 12.1 Å². The van der Waals surface area contributed by atoms with Gasteiger partial charge in [-0.1, -0.05) is 6.07 Å². The molecule has 2 rings (SSSR count). The Hall–Kier alpha value is -1.17. The summed E-state index contributed by atoms with van der Waals surface area (Å²) in [5.74, 6) is -0.240. The van der Waals surface area contributed by atoms with Crippen LogP contribution in [0.5, 0.6) is 0 Å². The number of hydrogen-bond donors (Lipinski definition) is 0. The predicted molar refractivity (Wildman–Crippen MR) is 80.7 cm³/mol. The number of ether oxygens (including phenoxy) is 1. The van der Waals surface area contributed by atoms with Crippen molar-refractivity contribution in [1.29, 1.82) is 0 Å². The topological polar surface area (TPSA) is 29.5 Å². The van der Waals surface area contributed by atoms with Crippen LogP contribution in [0.3, 0.4) is 0 Å². The summed E-state index contributed by atoms with van der Waals surface area (Å²) in [7, 11) is 0. The highest BCUT2D eigenvalue weighted by molar-refractivity contribution is 9.10. The number of anilines is 1. The first-order valence-electron chi connectivity index (χ1n) is 7.02. The summed E-state index contributed by atoms with van der Waals surface area (Å²) in [6.07, 6.45) is -1.11. The van der Waals surface area contributed by atoms with Crippen LogP contribution in [0.1, 0.15) is 31.8 Å². The molecule has 0 bridgehead atoms. The Morgan fingerprint density at radius 2 is 2.10 bits per heavy atom. The highest BCUT2D eigenvalue weighted by Crippen LogP contribution is 2.33. The van der Waals surface area contributed by atoms with Gasteiger partial charge >= 0.3 is 5.97 Å². The lowest BCUT2D eigenvalue weighted by Crippen LogP contribution is -2.37. The van der Waals surface area contributed by atoms with E-state index >= 15 is 0 Å². The predicted octanol–water partition coefficient (Wildman–Crippen LogP) is 4.17. The summed E-state index contributed by atoms with van der Waals surface area (Å²) in [4.78, 5) is 13.7. The molecule has 1 saturated heterocycles. The second kappa shape index (κ2) is 7.20. The van der Waals surface area contributed by atoms with Crippen LogP contribution < -0.4 is 4.90 Å². The maximum absolute atomic E-state index is 12.8. The van der Waals surface area contributed by atoms with Gasteiger partial charge in [0.25, 0.3) is 6.43 Å². The molecule has 116 valence electrons. The standard InChI is InChI=1S/C15H18BrF2NO2/c1-2-21-15(20)10-5-7-19(8-6-10)13-9-11(14(17)18)3-4-12(13)16/h3-4,9-10,14H,2,5-8H2,1H3. The lowest BCUT2D eigenvalue weighted by atomic mass is 9.96. The third-order valence-corrected chi connectivity index (χ3v) is 4.35. The highest BCUT2D eigenvalue weighted by atomic mass is 79.9. The summed E-state index contributed by atoms with van der Waals surface area (Å²) >= 11 is 3.41. The molecule has 1 heterocycles. The molecule has 1 aliphatic rings. The van der Waals surface area contributed by atoms with E-state index in [9.17, 15) is 13.6 Å². The minimum Gasteiger partial charge on any atom is -0.466 e. The van der Waals surface area contributed by atoms with Crippen molar-refractivity contribution in [2.45, 2.75) is 26.2 Å². The highest BCUT2D eigenvalue weighted by Gasteiger charge is 2.27. The van der Waals surface area contributed by atoms with Gasteiger partial charge in [0.05, 0.1) is 18.2 Å². The maximum atomic E-state index is 12.8. The molecule has 0 spiro atoms. The summed E-state index contributed by atoms with van der Waals surface area (Å²) < 4.78 is 31.4. The van der Waals surface area contributed by atoms with Crippen molar-refractivity contribution in [2.24, 2.45) is 5.92 Å². The van der Waals surface area contributed by atoms with E-state index in [-0.39, 0.29) is 17.5 Å². The smallest absolute Gasteiger partial charge is 0.309 e. The fourth-order valence-electron chi connectivity index (χ4n) is 2.52. The Morgan fingerprint density at radius 1 is 1.43 bits per heavy atom. The van der Waals surface area contributed by atoms with E-state index in [0.29, 0.717) is 32.5 Å². The molecule has 1 aromatic carbocycles. The van der Waals surface area contributed by atoms with E-state index in [2.05, 4.69) is 15.9 Å². The molecule has 1 aromatic rings. The fraction of sp³-hybridized carbons (Fsp3) is 0.533. The second-order valence-corrected chi connectivity index (χ2v) is 5.88. The van der Waals surface area contributed by atoms with Crippen LogP contribution >= 0.6 is 15.9 Å². The summed E-state index contributed by atoms with van der Waals surface area (Å²) in [5, 5.41) is 0. The average Bonchev–Trinajstić information content (AvgIpc) is 2.48. The van der Waals surface area contributed by atoms with Gasteiger partial charge < -0.3 is 9.64 Å². The van der Waals surface area contributed by atoms with Gasteiger partial charge in [-0.25, -0.2) is 8.78 Å². The molecule has 0 aromatic heterocycles. The van der Waals surface area contributed by atoms with Gasteiger partial charge in [0, 0.05) is 23.1 Å². The summed E-state index contributed by atoms with van der Waals surface area (Å²) in [5.41, 5.74) is 0.774.